The summed E-state index contributed by atoms with van der Waals surface area (Å²) in [5.74, 6) is 1.53. The van der Waals surface area contributed by atoms with Crippen LogP contribution in [0.4, 0.5) is 0 Å². The predicted molar refractivity (Wildman–Crippen MR) is 111 cm³/mol. The molecule has 0 aliphatic rings. The number of nitrogens with zero attached hydrogens (tertiary/aromatic N) is 2. The average molecular weight is 375 g/mol. The highest BCUT2D eigenvalue weighted by atomic mass is 35.5. The molecule has 0 atom stereocenters. The fourth-order valence-corrected chi connectivity index (χ4v) is 3.19. The highest BCUT2D eigenvalue weighted by Gasteiger charge is 2.11. The number of benzene rings is 3. The van der Waals surface area contributed by atoms with Crippen LogP contribution in [0.25, 0.3) is 17.1 Å². The van der Waals surface area contributed by atoms with Crippen LogP contribution in [0.2, 0.25) is 5.02 Å². The molecule has 3 nitrogen and oxygen atoms in total. The fourth-order valence-electron chi connectivity index (χ4n) is 3.00. The van der Waals surface area contributed by atoms with E-state index in [4.69, 9.17) is 21.3 Å². The number of imidazole rings is 1. The lowest BCUT2D eigenvalue weighted by Crippen LogP contribution is -2.06. The van der Waals surface area contributed by atoms with Gasteiger partial charge in [0.05, 0.1) is 16.1 Å². The molecule has 0 radical (unpaired) electrons. The first kappa shape index (κ1) is 17.4. The van der Waals surface area contributed by atoms with Gasteiger partial charge in [0.25, 0.3) is 0 Å². The maximum absolute atomic E-state index is 6.20. The van der Waals surface area contributed by atoms with Gasteiger partial charge in [-0.1, -0.05) is 78.4 Å². The van der Waals surface area contributed by atoms with Crippen LogP contribution in [0, 0.1) is 0 Å². The summed E-state index contributed by atoms with van der Waals surface area (Å²) in [6.07, 6.45) is 4.26. The molecule has 0 spiro atoms. The van der Waals surface area contributed by atoms with Crippen LogP contribution in [-0.4, -0.2) is 9.55 Å². The summed E-state index contributed by atoms with van der Waals surface area (Å²) in [6, 6.07) is 25.9. The van der Waals surface area contributed by atoms with Crippen molar-refractivity contribution in [2.24, 2.45) is 0 Å². The molecule has 3 aromatic carbocycles. The number of rotatable bonds is 6. The van der Waals surface area contributed by atoms with Gasteiger partial charge in [0.2, 0.25) is 0 Å². The number of aromatic nitrogens is 2. The van der Waals surface area contributed by atoms with Gasteiger partial charge in [0, 0.05) is 6.54 Å². The molecule has 4 heteroatoms. The minimum absolute atomic E-state index is 0.359. The number of fused-ring (bicyclic) bond motifs is 1. The van der Waals surface area contributed by atoms with Gasteiger partial charge in [0.1, 0.15) is 18.2 Å². The van der Waals surface area contributed by atoms with E-state index in [0.717, 1.165) is 23.4 Å². The number of halogens is 1. The molecule has 0 N–H and O–H groups in total. The molecule has 4 aromatic rings. The van der Waals surface area contributed by atoms with Gasteiger partial charge >= 0.3 is 0 Å². The number of allylic oxidation sites excluding steroid dienone is 1. The Morgan fingerprint density at radius 3 is 2.48 bits per heavy atom. The second kappa shape index (κ2) is 8.11. The molecular weight excluding hydrogens is 356 g/mol. The minimum atomic E-state index is 0.359. The molecule has 0 saturated carbocycles. The van der Waals surface area contributed by atoms with Crippen molar-refractivity contribution in [3.63, 3.8) is 0 Å². The van der Waals surface area contributed by atoms with Gasteiger partial charge in [-0.15, -0.1) is 0 Å². The normalized spacial score (nSPS) is 11.3. The summed E-state index contributed by atoms with van der Waals surface area (Å²) in [6.45, 7) is 1.08. The first-order valence-corrected chi connectivity index (χ1v) is 9.22. The van der Waals surface area contributed by atoms with Gasteiger partial charge < -0.3 is 9.30 Å². The first-order chi connectivity index (χ1) is 13.3. The average Bonchev–Trinajstić information content (AvgIpc) is 3.06. The van der Waals surface area contributed by atoms with E-state index in [0.29, 0.717) is 17.4 Å². The van der Waals surface area contributed by atoms with Crippen molar-refractivity contribution in [2.45, 2.75) is 13.2 Å². The standard InChI is InChI=1S/C23H19ClN2O/c24-19-12-4-7-15-22(19)27-17-23-25-20-13-5-6-14-21(20)26(23)16-8-11-18-9-2-1-3-10-18/h1-15H,16-17H2/b11-8+. The molecule has 0 fully saturated rings. The fraction of sp³-hybridized carbons (Fsp3) is 0.0870. The van der Waals surface area contributed by atoms with Crippen molar-refractivity contribution in [2.75, 3.05) is 0 Å². The van der Waals surface area contributed by atoms with Crippen molar-refractivity contribution in [1.29, 1.82) is 0 Å². The largest absolute Gasteiger partial charge is 0.484 e. The van der Waals surface area contributed by atoms with Crippen LogP contribution in [0.3, 0.4) is 0 Å². The summed E-state index contributed by atoms with van der Waals surface area (Å²) >= 11 is 6.20. The third kappa shape index (κ3) is 4.04. The SMILES string of the molecule is Clc1ccccc1OCc1nc2ccccc2n1C/C=C/c1ccccc1. The lowest BCUT2D eigenvalue weighted by atomic mass is 10.2. The highest BCUT2D eigenvalue weighted by molar-refractivity contribution is 6.32. The lowest BCUT2D eigenvalue weighted by Gasteiger charge is -2.09. The molecule has 0 aliphatic carbocycles. The zero-order chi connectivity index (χ0) is 18.5. The van der Waals surface area contributed by atoms with Crippen LogP contribution < -0.4 is 4.74 Å². The summed E-state index contributed by atoms with van der Waals surface area (Å²) in [5.41, 5.74) is 3.23. The van der Waals surface area contributed by atoms with Crippen molar-refractivity contribution < 1.29 is 4.74 Å². The van der Waals surface area contributed by atoms with Crippen LogP contribution in [0.15, 0.2) is 84.9 Å². The van der Waals surface area contributed by atoms with Crippen molar-refractivity contribution in [1.82, 2.24) is 9.55 Å². The van der Waals surface area contributed by atoms with E-state index in [-0.39, 0.29) is 0 Å². The Morgan fingerprint density at radius 1 is 0.889 bits per heavy atom. The maximum Gasteiger partial charge on any atom is 0.148 e. The monoisotopic (exact) mass is 374 g/mol. The van der Waals surface area contributed by atoms with Gasteiger partial charge in [-0.05, 0) is 29.8 Å². The smallest absolute Gasteiger partial charge is 0.148 e. The molecule has 0 bridgehead atoms. The number of para-hydroxylation sites is 3. The quantitative estimate of drug-likeness (QED) is 0.415. The van der Waals surface area contributed by atoms with Crippen LogP contribution >= 0.6 is 11.6 Å². The zero-order valence-corrected chi connectivity index (χ0v) is 15.5. The Bertz CT molecular complexity index is 1070. The number of hydrogen-bond acceptors (Lipinski definition) is 2. The third-order valence-corrected chi connectivity index (χ3v) is 4.64. The molecule has 134 valence electrons. The molecule has 0 unspecified atom stereocenters. The molecule has 4 rings (SSSR count). The summed E-state index contributed by atoms with van der Waals surface area (Å²) < 4.78 is 8.09. The molecule has 0 saturated heterocycles. The van der Waals surface area contributed by atoms with Crippen LogP contribution in [0.5, 0.6) is 5.75 Å². The Balaban J connectivity index is 1.59. The van der Waals surface area contributed by atoms with Crippen LogP contribution in [-0.2, 0) is 13.2 Å². The molecule has 1 aromatic heterocycles. The predicted octanol–water partition coefficient (Wildman–Crippen LogP) is 5.98. The van der Waals surface area contributed by atoms with Crippen LogP contribution in [0.1, 0.15) is 11.4 Å². The van der Waals surface area contributed by atoms with Gasteiger partial charge in [-0.2, -0.15) is 0 Å². The van der Waals surface area contributed by atoms with E-state index >= 15 is 0 Å². The minimum Gasteiger partial charge on any atom is -0.484 e. The van der Waals surface area contributed by atoms with E-state index in [1.165, 1.54) is 5.56 Å². The molecular formula is C23H19ClN2O. The van der Waals surface area contributed by atoms with Crippen molar-refractivity contribution in [3.05, 3.63) is 101 Å². The molecule has 27 heavy (non-hydrogen) atoms. The van der Waals surface area contributed by atoms with E-state index in [1.807, 2.05) is 60.7 Å². The second-order valence-electron chi connectivity index (χ2n) is 6.16. The number of hydrogen-bond donors (Lipinski definition) is 0. The Hall–Kier alpha value is -3.04. The highest BCUT2D eigenvalue weighted by Crippen LogP contribution is 2.25. The first-order valence-electron chi connectivity index (χ1n) is 8.84. The van der Waals surface area contributed by atoms with Gasteiger partial charge in [-0.3, -0.25) is 0 Å². The van der Waals surface area contributed by atoms with Crippen molar-refractivity contribution >= 4 is 28.7 Å². The Labute approximate surface area is 163 Å². The number of ether oxygens (including phenoxy) is 1. The molecule has 0 amide bonds. The lowest BCUT2D eigenvalue weighted by molar-refractivity contribution is 0.291. The maximum atomic E-state index is 6.20. The van der Waals surface area contributed by atoms with E-state index < -0.39 is 0 Å². The van der Waals surface area contributed by atoms with Gasteiger partial charge in [0.15, 0.2) is 0 Å². The Kier molecular flexibility index (Phi) is 5.22. The summed E-state index contributed by atoms with van der Waals surface area (Å²) in [4.78, 5) is 4.74. The van der Waals surface area contributed by atoms with E-state index in [1.54, 1.807) is 0 Å². The summed E-state index contributed by atoms with van der Waals surface area (Å²) in [5, 5.41) is 0.601. The summed E-state index contributed by atoms with van der Waals surface area (Å²) in [7, 11) is 0. The zero-order valence-electron chi connectivity index (χ0n) is 14.8. The van der Waals surface area contributed by atoms with Gasteiger partial charge in [-0.25, -0.2) is 4.98 Å². The van der Waals surface area contributed by atoms with E-state index in [9.17, 15) is 0 Å². The second-order valence-corrected chi connectivity index (χ2v) is 6.57. The molecule has 1 heterocycles. The topological polar surface area (TPSA) is 27.1 Å². The molecule has 0 aliphatic heterocycles. The van der Waals surface area contributed by atoms with E-state index in [2.05, 4.69) is 34.9 Å². The van der Waals surface area contributed by atoms with Crippen molar-refractivity contribution in [3.8, 4) is 5.75 Å². The third-order valence-electron chi connectivity index (χ3n) is 4.32. The Morgan fingerprint density at radius 2 is 1.63 bits per heavy atom.